The van der Waals surface area contributed by atoms with E-state index in [-0.39, 0.29) is 11.8 Å². The molecule has 0 spiro atoms. The average molecular weight is 204 g/mol. The first-order valence-corrected chi connectivity index (χ1v) is 7.27. The van der Waals surface area contributed by atoms with Gasteiger partial charge < -0.3 is 15.6 Å². The van der Waals surface area contributed by atoms with E-state index in [1.165, 1.54) is 0 Å². The van der Waals surface area contributed by atoms with Crippen molar-refractivity contribution in [3.8, 4) is 0 Å². The summed E-state index contributed by atoms with van der Waals surface area (Å²) in [5.74, 6) is 0.557. The predicted molar refractivity (Wildman–Crippen MR) is 59.5 cm³/mol. The van der Waals surface area contributed by atoms with Crippen LogP contribution in [0.5, 0.6) is 0 Å². The lowest BCUT2D eigenvalue weighted by Crippen LogP contribution is -2.63. The first-order chi connectivity index (χ1) is 5.78. The summed E-state index contributed by atoms with van der Waals surface area (Å²) in [6.45, 7) is 10.3. The molecule has 3 nitrogen and oxygen atoms in total. The molecule has 0 heterocycles. The van der Waals surface area contributed by atoms with Crippen molar-refractivity contribution in [3.05, 3.63) is 0 Å². The highest BCUT2D eigenvalue weighted by Crippen LogP contribution is 2.17. The summed E-state index contributed by atoms with van der Waals surface area (Å²) in [7, 11) is -2.18. The van der Waals surface area contributed by atoms with Crippen LogP contribution in [-0.4, -0.2) is 20.2 Å². The number of nitrogens with two attached hydrogens (primary N) is 2. The molecule has 0 aliphatic carbocycles. The predicted octanol–water partition coefficient (Wildman–Crippen LogP) is 1.35. The van der Waals surface area contributed by atoms with E-state index in [2.05, 4.69) is 13.8 Å². The van der Waals surface area contributed by atoms with Crippen molar-refractivity contribution in [1.29, 1.82) is 0 Å². The molecule has 0 aromatic heterocycles. The second kappa shape index (κ2) is 5.10. The van der Waals surface area contributed by atoms with Gasteiger partial charge in [-0.05, 0) is 32.7 Å². The molecule has 2 unspecified atom stereocenters. The fourth-order valence-electron chi connectivity index (χ4n) is 1.42. The molecule has 80 valence electrons. The second-order valence-electron chi connectivity index (χ2n) is 4.51. The van der Waals surface area contributed by atoms with Gasteiger partial charge in [0.2, 0.25) is 0 Å². The third-order valence-electron chi connectivity index (χ3n) is 1.95. The summed E-state index contributed by atoms with van der Waals surface area (Å²) in [5, 5.41) is 6.23. The van der Waals surface area contributed by atoms with Crippen molar-refractivity contribution < 1.29 is 4.43 Å². The van der Waals surface area contributed by atoms with Crippen LogP contribution in [-0.2, 0) is 4.43 Å². The molecule has 0 aromatic rings. The molecule has 13 heavy (non-hydrogen) atoms. The highest BCUT2D eigenvalue weighted by molar-refractivity contribution is 6.72. The van der Waals surface area contributed by atoms with Crippen LogP contribution in [0.4, 0.5) is 0 Å². The smallest absolute Gasteiger partial charge is 0.283 e. The molecule has 4 heteroatoms. The number of rotatable bonds is 5. The van der Waals surface area contributed by atoms with Gasteiger partial charge in [0.1, 0.15) is 0 Å². The summed E-state index contributed by atoms with van der Waals surface area (Å²) < 4.78 is 5.80. The molecule has 0 aliphatic heterocycles. The van der Waals surface area contributed by atoms with E-state index in [0.717, 1.165) is 6.04 Å². The zero-order chi connectivity index (χ0) is 10.6. The molecule has 0 aliphatic rings. The van der Waals surface area contributed by atoms with Crippen LogP contribution in [0.25, 0.3) is 0 Å². The Morgan fingerprint density at radius 2 is 1.62 bits per heavy atom. The minimum Gasteiger partial charge on any atom is -0.400 e. The summed E-state index contributed by atoms with van der Waals surface area (Å²) >= 11 is 0. The Bertz CT molecular complexity index is 139. The Kier molecular flexibility index (Phi) is 5.13. The van der Waals surface area contributed by atoms with Gasteiger partial charge in [-0.1, -0.05) is 13.8 Å². The van der Waals surface area contributed by atoms with Gasteiger partial charge in [0.05, 0.1) is 0 Å². The second-order valence-corrected chi connectivity index (χ2v) is 7.97. The number of hydrogen-bond donors (Lipinski definition) is 2. The molecular weight excluding hydrogens is 180 g/mol. The fourth-order valence-corrected chi connectivity index (χ4v) is 4.25. The van der Waals surface area contributed by atoms with Crippen LogP contribution in [0.1, 0.15) is 34.6 Å². The van der Waals surface area contributed by atoms with Crippen molar-refractivity contribution in [2.75, 3.05) is 0 Å². The van der Waals surface area contributed by atoms with Crippen LogP contribution < -0.4 is 11.1 Å². The van der Waals surface area contributed by atoms with Crippen molar-refractivity contribution in [2.24, 2.45) is 17.1 Å². The minimum atomic E-state index is -2.18. The maximum absolute atomic E-state index is 6.23. The SMILES string of the molecule is CC(C)C[Si](N)(OC(C)C)C(C)N. The van der Waals surface area contributed by atoms with E-state index in [0.29, 0.717) is 5.92 Å². The number of hydrogen-bond acceptors (Lipinski definition) is 3. The molecule has 0 saturated heterocycles. The Morgan fingerprint density at radius 3 is 1.85 bits per heavy atom. The first-order valence-electron chi connectivity index (χ1n) is 5.00. The largest absolute Gasteiger partial charge is 0.400 e. The van der Waals surface area contributed by atoms with E-state index in [9.17, 15) is 0 Å². The Labute approximate surface area is 83.0 Å². The molecule has 0 saturated carbocycles. The van der Waals surface area contributed by atoms with E-state index in [1.807, 2.05) is 20.8 Å². The maximum atomic E-state index is 6.23. The summed E-state index contributed by atoms with van der Waals surface area (Å²) in [4.78, 5) is 0. The first kappa shape index (κ1) is 13.1. The lowest BCUT2D eigenvalue weighted by atomic mass is 10.3. The van der Waals surface area contributed by atoms with Gasteiger partial charge in [-0.25, -0.2) is 0 Å². The topological polar surface area (TPSA) is 61.3 Å². The molecule has 0 aromatic carbocycles. The normalized spacial score (nSPS) is 19.2. The van der Waals surface area contributed by atoms with E-state index >= 15 is 0 Å². The fraction of sp³-hybridized carbons (Fsp3) is 1.00. The summed E-state index contributed by atoms with van der Waals surface area (Å²) in [5.41, 5.74) is 5.88. The van der Waals surface area contributed by atoms with E-state index in [4.69, 9.17) is 15.6 Å². The zero-order valence-corrected chi connectivity index (χ0v) is 10.5. The Morgan fingerprint density at radius 1 is 1.15 bits per heavy atom. The summed E-state index contributed by atoms with van der Waals surface area (Å²) in [6, 6.07) is 0.933. The monoisotopic (exact) mass is 204 g/mol. The lowest BCUT2D eigenvalue weighted by molar-refractivity contribution is 0.217. The molecule has 0 amide bonds. The Hall–Kier alpha value is 0.0969. The molecule has 2 atom stereocenters. The molecule has 4 N–H and O–H groups in total. The third kappa shape index (κ3) is 4.76. The van der Waals surface area contributed by atoms with E-state index < -0.39 is 8.48 Å². The minimum absolute atomic E-state index is 0.00250. The van der Waals surface area contributed by atoms with Gasteiger partial charge in [0.15, 0.2) is 0 Å². The van der Waals surface area contributed by atoms with Gasteiger partial charge in [-0.2, -0.15) is 0 Å². The maximum Gasteiger partial charge on any atom is 0.283 e. The summed E-state index contributed by atoms with van der Waals surface area (Å²) in [6.07, 6.45) is 0.182. The van der Waals surface area contributed by atoms with Gasteiger partial charge in [-0.15, -0.1) is 0 Å². The molecule has 0 rings (SSSR count). The van der Waals surface area contributed by atoms with Crippen molar-refractivity contribution in [1.82, 2.24) is 0 Å². The Balaban J connectivity index is 4.34. The lowest BCUT2D eigenvalue weighted by Gasteiger charge is -2.33. The van der Waals surface area contributed by atoms with Gasteiger partial charge in [-0.3, -0.25) is 0 Å². The molecule has 0 bridgehead atoms. The molecular formula is C9H24N2OSi. The highest BCUT2D eigenvalue weighted by atomic mass is 28.4. The quantitative estimate of drug-likeness (QED) is 0.665. The highest BCUT2D eigenvalue weighted by Gasteiger charge is 2.36. The van der Waals surface area contributed by atoms with Gasteiger partial charge in [0.25, 0.3) is 8.48 Å². The van der Waals surface area contributed by atoms with Crippen molar-refractivity contribution >= 4 is 8.48 Å². The van der Waals surface area contributed by atoms with Gasteiger partial charge in [0, 0.05) is 11.8 Å². The van der Waals surface area contributed by atoms with Gasteiger partial charge >= 0.3 is 0 Å². The average Bonchev–Trinajstić information content (AvgIpc) is 1.82. The van der Waals surface area contributed by atoms with Crippen LogP contribution >= 0.6 is 0 Å². The van der Waals surface area contributed by atoms with Crippen LogP contribution in [0.3, 0.4) is 0 Å². The third-order valence-corrected chi connectivity index (χ3v) is 5.86. The van der Waals surface area contributed by atoms with Crippen molar-refractivity contribution in [2.45, 2.75) is 52.4 Å². The standard InChI is InChI=1S/C9H24N2OSi/c1-7(2)6-13(11,9(5)10)12-8(3)4/h7-9H,6,10-11H2,1-5H3. The van der Waals surface area contributed by atoms with Crippen LogP contribution in [0.15, 0.2) is 0 Å². The van der Waals surface area contributed by atoms with E-state index in [1.54, 1.807) is 0 Å². The molecule has 0 fully saturated rings. The van der Waals surface area contributed by atoms with Crippen molar-refractivity contribution in [3.63, 3.8) is 0 Å². The van der Waals surface area contributed by atoms with Crippen LogP contribution in [0, 0.1) is 5.92 Å². The molecule has 0 radical (unpaired) electrons. The van der Waals surface area contributed by atoms with Crippen LogP contribution in [0.2, 0.25) is 6.04 Å². The zero-order valence-electron chi connectivity index (χ0n) is 9.50.